The average Bonchev–Trinajstić information content (AvgIpc) is 2.74. The topological polar surface area (TPSA) is 74.8 Å². The summed E-state index contributed by atoms with van der Waals surface area (Å²) in [7, 11) is 1.59. The van der Waals surface area contributed by atoms with Crippen LogP contribution in [0, 0.1) is 0 Å². The zero-order valence-electron chi connectivity index (χ0n) is 17.1. The third-order valence-corrected chi connectivity index (χ3v) is 4.12. The predicted octanol–water partition coefficient (Wildman–Crippen LogP) is 3.23. The molecule has 0 radical (unpaired) electrons. The van der Waals surface area contributed by atoms with Crippen molar-refractivity contribution in [2.24, 2.45) is 4.99 Å². The SMILES string of the molecule is CCNC(=NCCCc1ccccc1)NCCNC(=O)c1cccc(OC)c1.I. The predicted molar refractivity (Wildman–Crippen MR) is 129 cm³/mol. The molecule has 1 amide bonds. The summed E-state index contributed by atoms with van der Waals surface area (Å²) < 4.78 is 5.15. The monoisotopic (exact) mass is 510 g/mol. The first-order valence-corrected chi connectivity index (χ1v) is 9.71. The molecule has 0 unspecified atom stereocenters. The summed E-state index contributed by atoms with van der Waals surface area (Å²) in [6.07, 6.45) is 2.01. The molecule has 0 heterocycles. The Labute approximate surface area is 190 Å². The van der Waals surface area contributed by atoms with Gasteiger partial charge in [0.25, 0.3) is 5.91 Å². The maximum absolute atomic E-state index is 12.2. The molecule has 0 spiro atoms. The van der Waals surface area contributed by atoms with Crippen LogP contribution in [0.5, 0.6) is 5.75 Å². The maximum Gasteiger partial charge on any atom is 0.251 e. The second-order valence-electron chi connectivity index (χ2n) is 6.26. The van der Waals surface area contributed by atoms with E-state index in [1.165, 1.54) is 5.56 Å². The molecule has 0 fully saturated rings. The zero-order valence-corrected chi connectivity index (χ0v) is 19.4. The lowest BCUT2D eigenvalue weighted by Gasteiger charge is -2.12. The number of halogens is 1. The van der Waals surface area contributed by atoms with E-state index in [1.807, 2.05) is 19.1 Å². The number of benzene rings is 2. The third kappa shape index (κ3) is 9.65. The zero-order chi connectivity index (χ0) is 20.0. The van der Waals surface area contributed by atoms with E-state index in [-0.39, 0.29) is 29.9 Å². The molecular formula is C22H31IN4O2. The molecule has 6 nitrogen and oxygen atoms in total. The second kappa shape index (κ2) is 14.7. The number of methoxy groups -OCH3 is 1. The lowest BCUT2D eigenvalue weighted by molar-refractivity contribution is 0.0954. The molecule has 0 aliphatic rings. The van der Waals surface area contributed by atoms with Crippen LogP contribution in [0.4, 0.5) is 0 Å². The van der Waals surface area contributed by atoms with Crippen molar-refractivity contribution >= 4 is 35.8 Å². The van der Waals surface area contributed by atoms with Crippen molar-refractivity contribution in [3.63, 3.8) is 0 Å². The minimum atomic E-state index is -0.120. The van der Waals surface area contributed by atoms with Gasteiger partial charge in [0.1, 0.15) is 5.75 Å². The minimum Gasteiger partial charge on any atom is -0.497 e. The molecule has 0 saturated carbocycles. The Kier molecular flexibility index (Phi) is 12.5. The number of aryl methyl sites for hydroxylation is 1. The molecule has 2 rings (SSSR count). The molecule has 0 aliphatic heterocycles. The van der Waals surface area contributed by atoms with Gasteiger partial charge in [-0.3, -0.25) is 9.79 Å². The van der Waals surface area contributed by atoms with E-state index in [9.17, 15) is 4.79 Å². The lowest BCUT2D eigenvalue weighted by atomic mass is 10.1. The highest BCUT2D eigenvalue weighted by molar-refractivity contribution is 14.0. The van der Waals surface area contributed by atoms with E-state index in [2.05, 4.69) is 45.2 Å². The van der Waals surface area contributed by atoms with Crippen molar-refractivity contribution in [3.8, 4) is 5.75 Å². The van der Waals surface area contributed by atoms with Crippen LogP contribution >= 0.6 is 24.0 Å². The summed E-state index contributed by atoms with van der Waals surface area (Å²) in [5, 5.41) is 9.37. The van der Waals surface area contributed by atoms with Crippen molar-refractivity contribution in [1.82, 2.24) is 16.0 Å². The molecule has 0 aromatic heterocycles. The van der Waals surface area contributed by atoms with E-state index < -0.39 is 0 Å². The highest BCUT2D eigenvalue weighted by Crippen LogP contribution is 2.12. The number of guanidine groups is 1. The molecule has 0 saturated heterocycles. The molecule has 2 aromatic rings. The number of aliphatic imine (C=N–C) groups is 1. The molecular weight excluding hydrogens is 479 g/mol. The molecule has 7 heteroatoms. The largest absolute Gasteiger partial charge is 0.497 e. The Hall–Kier alpha value is -2.29. The Balaban J connectivity index is 0.00000420. The highest BCUT2D eigenvalue weighted by atomic mass is 127. The molecule has 2 aromatic carbocycles. The van der Waals surface area contributed by atoms with Crippen molar-refractivity contribution in [3.05, 3.63) is 65.7 Å². The molecule has 3 N–H and O–H groups in total. The lowest BCUT2D eigenvalue weighted by Crippen LogP contribution is -2.41. The Morgan fingerprint density at radius 3 is 2.48 bits per heavy atom. The van der Waals surface area contributed by atoms with Gasteiger partial charge >= 0.3 is 0 Å². The van der Waals surface area contributed by atoms with Crippen molar-refractivity contribution in [2.45, 2.75) is 19.8 Å². The average molecular weight is 510 g/mol. The fourth-order valence-electron chi connectivity index (χ4n) is 2.68. The Bertz CT molecular complexity index is 753. The minimum absolute atomic E-state index is 0. The molecule has 158 valence electrons. The normalized spacial score (nSPS) is 10.6. The smallest absolute Gasteiger partial charge is 0.251 e. The second-order valence-corrected chi connectivity index (χ2v) is 6.26. The summed E-state index contributed by atoms with van der Waals surface area (Å²) in [6, 6.07) is 17.5. The van der Waals surface area contributed by atoms with E-state index in [0.29, 0.717) is 24.4 Å². The van der Waals surface area contributed by atoms with Crippen LogP contribution in [0.15, 0.2) is 59.6 Å². The van der Waals surface area contributed by atoms with Crippen LogP contribution in [-0.2, 0) is 6.42 Å². The van der Waals surface area contributed by atoms with E-state index in [4.69, 9.17) is 4.74 Å². The van der Waals surface area contributed by atoms with Gasteiger partial charge in [-0.15, -0.1) is 24.0 Å². The van der Waals surface area contributed by atoms with Crippen LogP contribution in [0.2, 0.25) is 0 Å². The van der Waals surface area contributed by atoms with Crippen LogP contribution < -0.4 is 20.7 Å². The fourth-order valence-corrected chi connectivity index (χ4v) is 2.68. The summed E-state index contributed by atoms with van der Waals surface area (Å²) in [5.74, 6) is 1.32. The van der Waals surface area contributed by atoms with Gasteiger partial charge in [0.2, 0.25) is 0 Å². The van der Waals surface area contributed by atoms with Gasteiger partial charge in [-0.2, -0.15) is 0 Å². The Morgan fingerprint density at radius 2 is 1.76 bits per heavy atom. The van der Waals surface area contributed by atoms with Gasteiger partial charge in [-0.25, -0.2) is 0 Å². The summed E-state index contributed by atoms with van der Waals surface area (Å²) in [5.41, 5.74) is 1.91. The van der Waals surface area contributed by atoms with Gasteiger partial charge in [-0.1, -0.05) is 36.4 Å². The number of amides is 1. The van der Waals surface area contributed by atoms with Gasteiger partial charge in [0, 0.05) is 31.7 Å². The Morgan fingerprint density at radius 1 is 1.00 bits per heavy atom. The highest BCUT2D eigenvalue weighted by Gasteiger charge is 2.06. The number of carbonyl (C=O) groups excluding carboxylic acids is 1. The third-order valence-electron chi connectivity index (χ3n) is 4.12. The van der Waals surface area contributed by atoms with Gasteiger partial charge in [0.15, 0.2) is 5.96 Å². The number of nitrogens with zero attached hydrogens (tertiary/aromatic N) is 1. The van der Waals surface area contributed by atoms with E-state index in [0.717, 1.165) is 31.9 Å². The number of hydrogen-bond donors (Lipinski definition) is 3. The van der Waals surface area contributed by atoms with E-state index in [1.54, 1.807) is 25.3 Å². The molecule has 0 atom stereocenters. The first-order chi connectivity index (χ1) is 13.7. The summed E-state index contributed by atoms with van der Waals surface area (Å²) in [4.78, 5) is 16.8. The van der Waals surface area contributed by atoms with Crippen molar-refractivity contribution < 1.29 is 9.53 Å². The van der Waals surface area contributed by atoms with Crippen LogP contribution in [-0.4, -0.2) is 45.2 Å². The van der Waals surface area contributed by atoms with Crippen LogP contribution in [0.1, 0.15) is 29.3 Å². The summed E-state index contributed by atoms with van der Waals surface area (Å²) in [6.45, 7) is 4.68. The molecule has 29 heavy (non-hydrogen) atoms. The fraction of sp³-hybridized carbons (Fsp3) is 0.364. The number of hydrogen-bond acceptors (Lipinski definition) is 3. The molecule has 0 aliphatic carbocycles. The maximum atomic E-state index is 12.2. The van der Waals surface area contributed by atoms with Gasteiger partial charge in [-0.05, 0) is 43.5 Å². The quantitative estimate of drug-likeness (QED) is 0.199. The van der Waals surface area contributed by atoms with Crippen LogP contribution in [0.25, 0.3) is 0 Å². The first kappa shape index (κ1) is 24.7. The van der Waals surface area contributed by atoms with Gasteiger partial charge < -0.3 is 20.7 Å². The van der Waals surface area contributed by atoms with Crippen LogP contribution in [0.3, 0.4) is 0 Å². The number of nitrogens with one attached hydrogen (secondary N) is 3. The van der Waals surface area contributed by atoms with Crippen molar-refractivity contribution in [2.75, 3.05) is 33.3 Å². The summed E-state index contributed by atoms with van der Waals surface area (Å²) >= 11 is 0. The number of carbonyl (C=O) groups is 1. The molecule has 0 bridgehead atoms. The standard InChI is InChI=1S/C22H30N4O2.HI/c1-3-23-22(25-14-8-11-18-9-5-4-6-10-18)26-16-15-24-21(27)19-12-7-13-20(17-19)28-2;/h4-7,9-10,12-13,17H,3,8,11,14-16H2,1-2H3,(H,24,27)(H2,23,25,26);1H. The number of ether oxygens (including phenoxy) is 1. The first-order valence-electron chi connectivity index (χ1n) is 9.71. The van der Waals surface area contributed by atoms with E-state index >= 15 is 0 Å². The van der Waals surface area contributed by atoms with Gasteiger partial charge in [0.05, 0.1) is 7.11 Å². The number of rotatable bonds is 10. The van der Waals surface area contributed by atoms with Crippen molar-refractivity contribution in [1.29, 1.82) is 0 Å².